The lowest BCUT2D eigenvalue weighted by Gasteiger charge is -2.09. The highest BCUT2D eigenvalue weighted by Gasteiger charge is 2.17. The molecule has 4 nitrogen and oxygen atoms in total. The molecule has 1 atom stereocenters. The second-order valence-electron chi connectivity index (χ2n) is 4.22. The molecular formula is C13H13NO3S. The van der Waals surface area contributed by atoms with Crippen LogP contribution < -0.4 is 9.47 Å². The minimum Gasteiger partial charge on any atom is -0.454 e. The van der Waals surface area contributed by atoms with Gasteiger partial charge in [0.25, 0.3) is 0 Å². The molecule has 0 aliphatic carbocycles. The fourth-order valence-electron chi connectivity index (χ4n) is 1.90. The summed E-state index contributed by atoms with van der Waals surface area (Å²) in [5.74, 6) is 1.43. The topological polar surface area (TPSA) is 51.6 Å². The van der Waals surface area contributed by atoms with E-state index in [9.17, 15) is 5.11 Å². The Hall–Kier alpha value is -1.59. The van der Waals surface area contributed by atoms with Crippen molar-refractivity contribution in [3.63, 3.8) is 0 Å². The summed E-state index contributed by atoms with van der Waals surface area (Å²) in [6.07, 6.45) is -0.0388. The van der Waals surface area contributed by atoms with Crippen LogP contribution in [0.3, 0.4) is 0 Å². The van der Waals surface area contributed by atoms with Crippen LogP contribution in [0, 0.1) is 6.92 Å². The molecule has 1 aromatic carbocycles. The number of aromatic nitrogens is 1. The maximum atomic E-state index is 10.2. The Labute approximate surface area is 109 Å². The molecule has 0 saturated carbocycles. The summed E-state index contributed by atoms with van der Waals surface area (Å²) in [5, 5.41) is 13.1. The molecule has 3 rings (SSSR count). The molecule has 0 spiro atoms. The van der Waals surface area contributed by atoms with E-state index in [0.29, 0.717) is 12.2 Å². The zero-order valence-corrected chi connectivity index (χ0v) is 10.7. The van der Waals surface area contributed by atoms with Crippen LogP contribution in [0.15, 0.2) is 23.6 Å². The average Bonchev–Trinajstić information content (AvgIpc) is 2.96. The Morgan fingerprint density at radius 2 is 2.22 bits per heavy atom. The van der Waals surface area contributed by atoms with Crippen LogP contribution in [0.4, 0.5) is 0 Å². The van der Waals surface area contributed by atoms with Gasteiger partial charge in [-0.2, -0.15) is 0 Å². The van der Waals surface area contributed by atoms with Gasteiger partial charge in [-0.3, -0.25) is 0 Å². The third-order valence-corrected chi connectivity index (χ3v) is 3.80. The van der Waals surface area contributed by atoms with Crippen molar-refractivity contribution >= 4 is 11.3 Å². The van der Waals surface area contributed by atoms with Gasteiger partial charge in [-0.15, -0.1) is 11.3 Å². The van der Waals surface area contributed by atoms with Gasteiger partial charge in [0.05, 0.1) is 11.1 Å². The van der Waals surface area contributed by atoms with Gasteiger partial charge < -0.3 is 14.6 Å². The van der Waals surface area contributed by atoms with E-state index >= 15 is 0 Å². The predicted octanol–water partition coefficient (Wildman–Crippen LogP) is 2.46. The monoisotopic (exact) mass is 263 g/mol. The molecule has 2 aromatic rings. The molecule has 0 saturated heterocycles. The summed E-state index contributed by atoms with van der Waals surface area (Å²) >= 11 is 1.57. The quantitative estimate of drug-likeness (QED) is 0.924. The highest BCUT2D eigenvalue weighted by Crippen LogP contribution is 2.34. The van der Waals surface area contributed by atoms with Crippen LogP contribution in [0.1, 0.15) is 22.4 Å². The number of hydrogen-bond acceptors (Lipinski definition) is 5. The van der Waals surface area contributed by atoms with Crippen molar-refractivity contribution in [3.8, 4) is 11.5 Å². The summed E-state index contributed by atoms with van der Waals surface area (Å²) in [4.78, 5) is 4.35. The molecule has 0 fully saturated rings. The van der Waals surface area contributed by atoms with Crippen molar-refractivity contribution in [1.29, 1.82) is 0 Å². The first-order chi connectivity index (χ1) is 8.72. The van der Waals surface area contributed by atoms with Crippen LogP contribution in [0.5, 0.6) is 11.5 Å². The van der Waals surface area contributed by atoms with E-state index in [2.05, 4.69) is 4.98 Å². The summed E-state index contributed by atoms with van der Waals surface area (Å²) in [7, 11) is 0. The molecule has 1 aliphatic rings. The fraction of sp³-hybridized carbons (Fsp3) is 0.308. The normalized spacial score (nSPS) is 14.8. The summed E-state index contributed by atoms with van der Waals surface area (Å²) in [5.41, 5.74) is 1.82. The zero-order chi connectivity index (χ0) is 12.5. The second-order valence-corrected chi connectivity index (χ2v) is 5.16. The minimum absolute atomic E-state index is 0.251. The second kappa shape index (κ2) is 4.59. The van der Waals surface area contributed by atoms with E-state index in [0.717, 1.165) is 22.0 Å². The van der Waals surface area contributed by atoms with Gasteiger partial charge in [-0.1, -0.05) is 6.07 Å². The number of fused-ring (bicyclic) bond motifs is 1. The number of rotatable bonds is 3. The minimum atomic E-state index is -0.565. The third-order valence-electron chi connectivity index (χ3n) is 2.82. The number of aryl methyl sites for hydroxylation is 1. The average molecular weight is 263 g/mol. The van der Waals surface area contributed by atoms with E-state index in [1.807, 2.05) is 30.5 Å². The highest BCUT2D eigenvalue weighted by atomic mass is 32.1. The van der Waals surface area contributed by atoms with Gasteiger partial charge in [0.15, 0.2) is 11.5 Å². The number of aliphatic hydroxyl groups is 1. The lowest BCUT2D eigenvalue weighted by Crippen LogP contribution is -2.01. The zero-order valence-electron chi connectivity index (χ0n) is 9.92. The first-order valence-electron chi connectivity index (χ1n) is 5.71. The lowest BCUT2D eigenvalue weighted by molar-refractivity contribution is 0.171. The van der Waals surface area contributed by atoms with Gasteiger partial charge in [-0.05, 0) is 24.6 Å². The first kappa shape index (κ1) is 11.5. The smallest absolute Gasteiger partial charge is 0.231 e. The Morgan fingerprint density at radius 1 is 1.39 bits per heavy atom. The van der Waals surface area contributed by atoms with Crippen LogP contribution in [-0.4, -0.2) is 16.9 Å². The van der Waals surface area contributed by atoms with Crippen molar-refractivity contribution in [2.24, 2.45) is 0 Å². The Morgan fingerprint density at radius 3 is 3.00 bits per heavy atom. The van der Waals surface area contributed by atoms with Crippen LogP contribution in [-0.2, 0) is 6.42 Å². The van der Waals surface area contributed by atoms with Crippen LogP contribution in [0.2, 0.25) is 0 Å². The van der Waals surface area contributed by atoms with E-state index in [1.54, 1.807) is 11.3 Å². The molecule has 1 aromatic heterocycles. The first-order valence-corrected chi connectivity index (χ1v) is 6.59. The maximum absolute atomic E-state index is 10.2. The van der Waals surface area contributed by atoms with E-state index < -0.39 is 6.10 Å². The van der Waals surface area contributed by atoms with Crippen molar-refractivity contribution < 1.29 is 14.6 Å². The largest absolute Gasteiger partial charge is 0.454 e. The van der Waals surface area contributed by atoms with Gasteiger partial charge >= 0.3 is 0 Å². The number of ether oxygens (including phenoxy) is 2. The fourth-order valence-corrected chi connectivity index (χ4v) is 2.71. The van der Waals surface area contributed by atoms with Crippen molar-refractivity contribution in [1.82, 2.24) is 4.98 Å². The molecule has 18 heavy (non-hydrogen) atoms. The van der Waals surface area contributed by atoms with Crippen LogP contribution >= 0.6 is 11.3 Å². The Balaban J connectivity index is 1.78. The molecule has 0 bridgehead atoms. The van der Waals surface area contributed by atoms with Crippen molar-refractivity contribution in [2.75, 3.05) is 6.79 Å². The standard InChI is InChI=1S/C13H13NO3S/c1-8-6-18-13(14-8)5-10(15)9-2-3-11-12(4-9)17-7-16-11/h2-4,6,10,15H,5,7H2,1H3. The van der Waals surface area contributed by atoms with E-state index in [1.165, 1.54) is 0 Å². The highest BCUT2D eigenvalue weighted by molar-refractivity contribution is 7.09. The molecule has 0 amide bonds. The van der Waals surface area contributed by atoms with E-state index in [-0.39, 0.29) is 6.79 Å². The van der Waals surface area contributed by atoms with Crippen LogP contribution in [0.25, 0.3) is 0 Å². The van der Waals surface area contributed by atoms with Gasteiger partial charge in [-0.25, -0.2) is 4.98 Å². The molecule has 2 heterocycles. The SMILES string of the molecule is Cc1csc(CC(O)c2ccc3c(c2)OCO3)n1. The molecule has 1 N–H and O–H groups in total. The van der Waals surface area contributed by atoms with Gasteiger partial charge in [0.2, 0.25) is 6.79 Å². The van der Waals surface area contributed by atoms with Gasteiger partial charge in [0.1, 0.15) is 0 Å². The molecule has 0 radical (unpaired) electrons. The van der Waals surface area contributed by atoms with E-state index in [4.69, 9.17) is 9.47 Å². The molecular weight excluding hydrogens is 250 g/mol. The number of thiazole rings is 1. The maximum Gasteiger partial charge on any atom is 0.231 e. The Kier molecular flexibility index (Phi) is 2.93. The number of aliphatic hydroxyl groups excluding tert-OH is 1. The third kappa shape index (κ3) is 2.19. The molecule has 5 heteroatoms. The van der Waals surface area contributed by atoms with Crippen molar-refractivity contribution in [3.05, 3.63) is 39.8 Å². The lowest BCUT2D eigenvalue weighted by atomic mass is 10.1. The molecule has 1 aliphatic heterocycles. The summed E-state index contributed by atoms with van der Waals surface area (Å²) in [6, 6.07) is 5.51. The summed E-state index contributed by atoms with van der Waals surface area (Å²) < 4.78 is 10.5. The Bertz CT molecular complexity index is 567. The molecule has 94 valence electrons. The number of hydrogen-bond donors (Lipinski definition) is 1. The predicted molar refractivity (Wildman–Crippen MR) is 68.1 cm³/mol. The number of benzene rings is 1. The number of nitrogens with zero attached hydrogens (tertiary/aromatic N) is 1. The molecule has 1 unspecified atom stereocenters. The van der Waals surface area contributed by atoms with Crippen molar-refractivity contribution in [2.45, 2.75) is 19.4 Å². The summed E-state index contributed by atoms with van der Waals surface area (Å²) in [6.45, 7) is 2.20. The van der Waals surface area contributed by atoms with Gasteiger partial charge in [0, 0.05) is 17.5 Å².